The van der Waals surface area contributed by atoms with Gasteiger partial charge in [-0.1, -0.05) is 19.9 Å². The molecule has 6 rings (SSSR count). The molecule has 0 unspecified atom stereocenters. The van der Waals surface area contributed by atoms with Gasteiger partial charge in [0, 0.05) is 28.8 Å². The molecule has 3 aromatic heterocycles. The summed E-state index contributed by atoms with van der Waals surface area (Å²) in [5.41, 5.74) is 0.0530. The second-order valence-corrected chi connectivity index (χ2v) is 11.6. The van der Waals surface area contributed by atoms with Gasteiger partial charge in [-0.2, -0.15) is 5.26 Å². The van der Waals surface area contributed by atoms with Crippen LogP contribution in [0.4, 0.5) is 13.2 Å². The normalized spacial score (nSPS) is 15.6. The number of ether oxygens (including phenoxy) is 2. The maximum absolute atomic E-state index is 15.6. The molecule has 10 nitrogen and oxygen atoms in total. The Morgan fingerprint density at radius 1 is 1.09 bits per heavy atom. The van der Waals surface area contributed by atoms with E-state index in [2.05, 4.69) is 9.97 Å². The van der Waals surface area contributed by atoms with E-state index in [1.54, 1.807) is 6.07 Å². The maximum atomic E-state index is 15.6. The van der Waals surface area contributed by atoms with Crippen LogP contribution in [-0.2, 0) is 17.9 Å². The fourth-order valence-electron chi connectivity index (χ4n) is 5.49. The number of benzene rings is 2. The van der Waals surface area contributed by atoms with Crippen molar-refractivity contribution in [2.24, 2.45) is 5.41 Å². The fourth-order valence-corrected chi connectivity index (χ4v) is 5.49. The van der Waals surface area contributed by atoms with E-state index in [1.807, 2.05) is 24.5 Å². The molecular formula is C33H26F3N5O5. The van der Waals surface area contributed by atoms with Crippen LogP contribution >= 0.6 is 0 Å². The second-order valence-electron chi connectivity index (χ2n) is 11.6. The number of rotatable bonds is 8. The number of imidazole rings is 1. The Labute approximate surface area is 259 Å². The molecule has 0 bridgehead atoms. The molecule has 0 radical (unpaired) electrons. The summed E-state index contributed by atoms with van der Waals surface area (Å²) in [4.78, 5) is 33.7. The largest absolute Gasteiger partial charge is 0.478 e. The number of carbonyl (C=O) groups is 1. The van der Waals surface area contributed by atoms with E-state index in [1.165, 1.54) is 30.3 Å². The van der Waals surface area contributed by atoms with Gasteiger partial charge in [-0.05, 0) is 42.5 Å². The molecule has 0 amide bonds. The summed E-state index contributed by atoms with van der Waals surface area (Å²) in [6, 6.07) is 13.1. The lowest BCUT2D eigenvalue weighted by molar-refractivity contribution is 0.0697. The molecule has 5 aromatic rings. The van der Waals surface area contributed by atoms with Crippen molar-refractivity contribution in [1.29, 1.82) is 5.26 Å². The van der Waals surface area contributed by atoms with Crippen molar-refractivity contribution in [3.8, 4) is 23.2 Å². The minimum Gasteiger partial charge on any atom is -0.478 e. The number of carboxylic acids is 1. The van der Waals surface area contributed by atoms with Gasteiger partial charge in [0.1, 0.15) is 24.1 Å². The van der Waals surface area contributed by atoms with Crippen molar-refractivity contribution in [3.05, 3.63) is 111 Å². The number of nitriles is 1. The summed E-state index contributed by atoms with van der Waals surface area (Å²) in [5.74, 6) is -3.65. The van der Waals surface area contributed by atoms with Crippen LogP contribution in [0.1, 0.15) is 47.2 Å². The number of carboxylic acid groups (broad SMARTS) is 1. The molecule has 0 spiro atoms. The lowest BCUT2D eigenvalue weighted by atomic mass is 9.87. The first-order chi connectivity index (χ1) is 21.9. The Morgan fingerprint density at radius 3 is 2.59 bits per heavy atom. The number of pyridine rings is 2. The van der Waals surface area contributed by atoms with Gasteiger partial charge in [0.2, 0.25) is 0 Å². The third-order valence-electron chi connectivity index (χ3n) is 8.00. The number of aromatic carboxylic acids is 1. The number of hydrogen-bond acceptors (Lipinski definition) is 7. The topological polar surface area (TPSA) is 132 Å². The predicted octanol–water partition coefficient (Wildman–Crippen LogP) is 5.47. The molecule has 234 valence electrons. The Morgan fingerprint density at radius 2 is 1.89 bits per heavy atom. The van der Waals surface area contributed by atoms with E-state index in [4.69, 9.17) is 14.7 Å². The Hall–Kier alpha value is -5.48. The molecule has 13 heteroatoms. The van der Waals surface area contributed by atoms with Gasteiger partial charge in [0.05, 0.1) is 59.7 Å². The summed E-state index contributed by atoms with van der Waals surface area (Å²) in [6.07, 6.45) is 0.998. The number of fused-ring (bicyclic) bond motifs is 1. The molecular weight excluding hydrogens is 603 g/mol. The lowest BCUT2D eigenvalue weighted by Crippen LogP contribution is -2.29. The van der Waals surface area contributed by atoms with Gasteiger partial charge in [0.25, 0.3) is 11.4 Å². The zero-order chi connectivity index (χ0) is 32.7. The molecule has 1 fully saturated rings. The van der Waals surface area contributed by atoms with Crippen LogP contribution in [0, 0.1) is 34.2 Å². The minimum atomic E-state index is -1.10. The van der Waals surface area contributed by atoms with Gasteiger partial charge in [-0.3, -0.25) is 4.79 Å². The van der Waals surface area contributed by atoms with Crippen molar-refractivity contribution in [2.45, 2.75) is 33.0 Å². The summed E-state index contributed by atoms with van der Waals surface area (Å²) in [6.45, 7) is 4.27. The van der Waals surface area contributed by atoms with Crippen LogP contribution in [0.3, 0.4) is 0 Å². The molecule has 2 aromatic carbocycles. The van der Waals surface area contributed by atoms with E-state index in [0.717, 1.165) is 29.0 Å². The smallest absolute Gasteiger partial charge is 0.335 e. The van der Waals surface area contributed by atoms with Crippen LogP contribution in [-0.4, -0.2) is 43.4 Å². The molecule has 1 saturated heterocycles. The van der Waals surface area contributed by atoms with Gasteiger partial charge >= 0.3 is 5.97 Å². The van der Waals surface area contributed by atoms with Crippen LogP contribution in [0.2, 0.25) is 0 Å². The van der Waals surface area contributed by atoms with Crippen molar-refractivity contribution >= 4 is 17.0 Å². The van der Waals surface area contributed by atoms with E-state index >= 15 is 4.39 Å². The summed E-state index contributed by atoms with van der Waals surface area (Å²) in [5, 5.41) is 18.5. The maximum Gasteiger partial charge on any atom is 0.335 e. The van der Waals surface area contributed by atoms with Crippen LogP contribution in [0.15, 0.2) is 65.6 Å². The zero-order valence-corrected chi connectivity index (χ0v) is 24.6. The highest BCUT2D eigenvalue weighted by molar-refractivity contribution is 5.92. The highest BCUT2D eigenvalue weighted by atomic mass is 19.1. The van der Waals surface area contributed by atoms with Crippen molar-refractivity contribution < 1.29 is 32.5 Å². The molecule has 1 atom stereocenters. The average Bonchev–Trinajstić information content (AvgIpc) is 3.55. The van der Waals surface area contributed by atoms with Crippen molar-refractivity contribution in [2.75, 3.05) is 13.2 Å². The highest BCUT2D eigenvalue weighted by Crippen LogP contribution is 2.40. The van der Waals surface area contributed by atoms with Crippen LogP contribution < -0.4 is 10.3 Å². The molecule has 1 N–H and O–H groups in total. The monoisotopic (exact) mass is 629 g/mol. The van der Waals surface area contributed by atoms with E-state index < -0.39 is 41.5 Å². The Kier molecular flexibility index (Phi) is 7.83. The van der Waals surface area contributed by atoms with Crippen molar-refractivity contribution in [1.82, 2.24) is 19.1 Å². The van der Waals surface area contributed by atoms with Gasteiger partial charge in [-0.25, -0.2) is 27.9 Å². The summed E-state index contributed by atoms with van der Waals surface area (Å²) >= 11 is 0. The average molecular weight is 630 g/mol. The second kappa shape index (κ2) is 11.8. The first-order valence-electron chi connectivity index (χ1n) is 14.2. The summed E-state index contributed by atoms with van der Waals surface area (Å²) in [7, 11) is 0. The Balaban J connectivity index is 1.32. The van der Waals surface area contributed by atoms with Gasteiger partial charge in [-0.15, -0.1) is 0 Å². The number of aromatic nitrogens is 4. The predicted molar refractivity (Wildman–Crippen MR) is 159 cm³/mol. The van der Waals surface area contributed by atoms with E-state index in [9.17, 15) is 23.5 Å². The van der Waals surface area contributed by atoms with Crippen LogP contribution in [0.25, 0.3) is 22.3 Å². The molecule has 1 aliphatic rings. The zero-order valence-electron chi connectivity index (χ0n) is 24.6. The molecule has 0 saturated carbocycles. The highest BCUT2D eigenvalue weighted by Gasteiger charge is 2.39. The quantitative estimate of drug-likeness (QED) is 0.239. The molecule has 1 aliphatic heterocycles. The van der Waals surface area contributed by atoms with Crippen LogP contribution in [0.5, 0.6) is 5.88 Å². The minimum absolute atomic E-state index is 0.0529. The van der Waals surface area contributed by atoms with Crippen molar-refractivity contribution in [3.63, 3.8) is 0 Å². The standard InChI is InChI=1S/C33H26F3N5O5/c1-33(2)17-45-16-28(33)41-27-10-19(32(43)44)5-7-26(27)38-29(41)14-40-13-24(36)21(11-30(40)42)25-8-6-22(34)31(39-25)46-15-20-4-3-18(12-37)9-23(20)35/h3-11,13,28H,14-17H2,1-2H3,(H,43,44)/t28-/m1/s1. The molecule has 0 aliphatic carbocycles. The third-order valence-corrected chi connectivity index (χ3v) is 8.00. The summed E-state index contributed by atoms with van der Waals surface area (Å²) < 4.78 is 58.5. The molecule has 4 heterocycles. The number of hydrogen-bond donors (Lipinski definition) is 1. The van der Waals surface area contributed by atoms with E-state index in [-0.39, 0.29) is 45.9 Å². The SMILES string of the molecule is CC1(C)COC[C@H]1n1c(Cn2cc(F)c(-c3ccc(F)c(OCc4ccc(C#N)cc4F)n3)cc2=O)nc2ccc(C(=O)O)cc21. The fraction of sp³-hybridized carbons (Fsp3) is 0.242. The number of halogens is 3. The Bertz CT molecular complexity index is 2120. The van der Waals surface area contributed by atoms with E-state index in [0.29, 0.717) is 30.1 Å². The first-order valence-corrected chi connectivity index (χ1v) is 14.2. The molecule has 46 heavy (non-hydrogen) atoms. The van der Waals surface area contributed by atoms with Gasteiger partial charge in [0.15, 0.2) is 5.82 Å². The number of nitrogens with zero attached hydrogens (tertiary/aromatic N) is 5. The third kappa shape index (κ3) is 5.70. The first kappa shape index (κ1) is 30.5. The lowest BCUT2D eigenvalue weighted by Gasteiger charge is -2.28. The van der Waals surface area contributed by atoms with Gasteiger partial charge < -0.3 is 23.7 Å².